The van der Waals surface area contributed by atoms with Crippen LogP contribution in [0.15, 0.2) is 86.0 Å². The summed E-state index contributed by atoms with van der Waals surface area (Å²) in [6, 6.07) is 11.0. The molecule has 2 aromatic carbocycles. The van der Waals surface area contributed by atoms with E-state index in [1.165, 1.54) is 46.7 Å². The highest BCUT2D eigenvalue weighted by atomic mass is 19.4. The van der Waals surface area contributed by atoms with Crippen molar-refractivity contribution in [3.8, 4) is 22.5 Å². The molecule has 4 aliphatic rings. The highest BCUT2D eigenvalue weighted by Gasteiger charge is 2.41. The molecule has 12 rings (SSSR count). The van der Waals surface area contributed by atoms with Crippen LogP contribution in [0.5, 0.6) is 0 Å². The first kappa shape index (κ1) is 72.8. The molecular formula is C62H70F12N18O6. The molecule has 10 heterocycles. The number of imidazole rings is 2. The lowest BCUT2D eigenvalue weighted by Crippen LogP contribution is -2.54. The predicted molar refractivity (Wildman–Crippen MR) is 327 cm³/mol. The van der Waals surface area contributed by atoms with Gasteiger partial charge in [0.05, 0.1) is 101 Å². The normalized spacial score (nSPS) is 19.6. The summed E-state index contributed by atoms with van der Waals surface area (Å²) in [7, 11) is 4.66. The number of aromatic amines is 2. The quantitative estimate of drug-likeness (QED) is 0.0344. The number of carbonyl (C=O) groups is 4. The fourth-order valence-corrected chi connectivity index (χ4v) is 12.6. The third-order valence-corrected chi connectivity index (χ3v) is 17.5. The number of halogens is 12. The third-order valence-electron chi connectivity index (χ3n) is 17.5. The molecule has 36 heteroatoms. The van der Waals surface area contributed by atoms with Crippen LogP contribution in [0.1, 0.15) is 69.9 Å². The van der Waals surface area contributed by atoms with E-state index in [0.717, 1.165) is 110 Å². The molecule has 4 fully saturated rings. The van der Waals surface area contributed by atoms with Gasteiger partial charge in [0.2, 0.25) is 0 Å². The minimum absolute atomic E-state index is 0.0820. The molecular weight excluding hydrogens is 1320 g/mol. The number of hydrogen-bond donors (Lipinski definition) is 8. The molecule has 0 spiro atoms. The van der Waals surface area contributed by atoms with Gasteiger partial charge >= 0.3 is 24.7 Å². The van der Waals surface area contributed by atoms with Gasteiger partial charge in [-0.15, -0.1) is 0 Å². The molecule has 8 aromatic rings. The maximum absolute atomic E-state index is 13.5. The number of nitrogens with zero attached hydrogens (tertiary/aromatic N) is 10. The van der Waals surface area contributed by atoms with Gasteiger partial charge in [-0.1, -0.05) is 13.8 Å². The number of rotatable bonds is 18. The first-order valence-electron chi connectivity index (χ1n) is 31.0. The van der Waals surface area contributed by atoms with Gasteiger partial charge in [0.1, 0.15) is 23.3 Å². The molecule has 4 aliphatic heterocycles. The molecule has 6 aromatic heterocycles. The summed E-state index contributed by atoms with van der Waals surface area (Å²) in [5.41, 5.74) is 3.52. The Balaban J connectivity index is 0.000000192. The van der Waals surface area contributed by atoms with Crippen LogP contribution in [0.25, 0.3) is 33.8 Å². The van der Waals surface area contributed by atoms with Crippen molar-refractivity contribution < 1.29 is 91.0 Å². The minimum atomic E-state index is -5.19. The van der Waals surface area contributed by atoms with Gasteiger partial charge in [-0.05, 0) is 60.4 Å². The van der Waals surface area contributed by atoms with Gasteiger partial charge in [-0.25, -0.2) is 19.9 Å². The summed E-state index contributed by atoms with van der Waals surface area (Å²) in [5.74, 6) is -2.96. The standard InChI is InChI=1S/2C29H34F3N9O.2C2HF3O2/c2*1-3-20-10-21(4-5-22(20)28(42)36-13-18-6-9-41(2,16-18)17-19-11-33-12-19)38-26-27-35-15-24(40(27)8-7-34-26)23-14-37-39-25(23)29(30,31)32;2*3-2(4,5)1(6)7/h2*4-5,7-8,10,14-15,18-19,33H,3,6,9,11-13,16-17H2,1-2H3,(H2-,34,36,37,38,39,42);2*(H,6,7). The van der Waals surface area contributed by atoms with Crippen LogP contribution in [0.4, 0.5) is 75.7 Å². The summed E-state index contributed by atoms with van der Waals surface area (Å²) in [5, 5.41) is 48.3. The van der Waals surface area contributed by atoms with E-state index >= 15 is 0 Å². The lowest BCUT2D eigenvalue weighted by molar-refractivity contribution is -0.902. The van der Waals surface area contributed by atoms with E-state index in [-0.39, 0.29) is 34.3 Å². The third kappa shape index (κ3) is 17.8. The maximum Gasteiger partial charge on any atom is 0.433 e. The summed E-state index contributed by atoms with van der Waals surface area (Å²) >= 11 is 0. The van der Waals surface area contributed by atoms with Gasteiger partial charge in [0.25, 0.3) is 11.8 Å². The predicted octanol–water partition coefficient (Wildman–Crippen LogP) is 6.32. The van der Waals surface area contributed by atoms with Gasteiger partial charge < -0.3 is 60.7 Å². The zero-order valence-electron chi connectivity index (χ0n) is 53.2. The molecule has 4 atom stereocenters. The molecule has 528 valence electrons. The number of aliphatic carboxylic acids is 2. The second-order valence-electron chi connectivity index (χ2n) is 25.0. The number of aromatic nitrogens is 10. The molecule has 98 heavy (non-hydrogen) atoms. The van der Waals surface area contributed by atoms with Crippen molar-refractivity contribution in [3.63, 3.8) is 0 Å². The topological polar surface area (TPSA) is 304 Å². The molecule has 0 radical (unpaired) electrons. The van der Waals surface area contributed by atoms with Crippen LogP contribution in [0.3, 0.4) is 0 Å². The minimum Gasteiger partial charge on any atom is -0.542 e. The van der Waals surface area contributed by atoms with Crippen molar-refractivity contribution in [3.05, 3.63) is 120 Å². The van der Waals surface area contributed by atoms with E-state index in [2.05, 4.69) is 76.1 Å². The van der Waals surface area contributed by atoms with E-state index in [9.17, 15) is 62.3 Å². The second-order valence-corrected chi connectivity index (χ2v) is 25.0. The molecule has 0 saturated carbocycles. The first-order valence-corrected chi connectivity index (χ1v) is 31.0. The Morgan fingerprint density at radius 2 is 0.918 bits per heavy atom. The second kappa shape index (κ2) is 29.7. The number of anilines is 4. The number of alkyl halides is 12. The van der Waals surface area contributed by atoms with Crippen LogP contribution < -0.4 is 42.1 Å². The number of quaternary nitrogens is 2. The monoisotopic (exact) mass is 1390 g/mol. The van der Waals surface area contributed by atoms with Crippen LogP contribution in [0, 0.1) is 23.7 Å². The zero-order valence-corrected chi connectivity index (χ0v) is 53.2. The molecule has 8 N–H and O–H groups in total. The molecule has 0 aliphatic carbocycles. The Kier molecular flexibility index (Phi) is 22.1. The Hall–Kier alpha value is -9.42. The van der Waals surface area contributed by atoms with Crippen LogP contribution in [-0.4, -0.2) is 187 Å². The lowest BCUT2D eigenvalue weighted by Gasteiger charge is -2.37. The number of amides is 2. The average molecular weight is 1390 g/mol. The van der Waals surface area contributed by atoms with Gasteiger partial charge in [-0.3, -0.25) is 28.6 Å². The van der Waals surface area contributed by atoms with E-state index in [0.29, 0.717) is 83.2 Å². The van der Waals surface area contributed by atoms with Crippen molar-refractivity contribution in [1.82, 2.24) is 70.4 Å². The van der Waals surface area contributed by atoms with Crippen molar-refractivity contribution in [2.75, 3.05) is 103 Å². The molecule has 4 saturated heterocycles. The molecule has 0 bridgehead atoms. The number of likely N-dealkylation sites (tertiary alicyclic amines) is 2. The Bertz CT molecular complexity index is 3860. The van der Waals surface area contributed by atoms with E-state index in [1.54, 1.807) is 36.7 Å². The summed E-state index contributed by atoms with van der Waals surface area (Å²) in [6.07, 6.45) is -4.93. The number of fused-ring (bicyclic) bond motifs is 2. The Morgan fingerprint density at radius 1 is 0.551 bits per heavy atom. The van der Waals surface area contributed by atoms with E-state index in [4.69, 9.17) is 19.8 Å². The first-order chi connectivity index (χ1) is 46.2. The van der Waals surface area contributed by atoms with Crippen molar-refractivity contribution in [2.45, 2.75) is 64.2 Å². The number of benzene rings is 2. The summed E-state index contributed by atoms with van der Waals surface area (Å²) in [6.45, 7) is 16.7. The van der Waals surface area contributed by atoms with Crippen LogP contribution in [0.2, 0.25) is 0 Å². The largest absolute Gasteiger partial charge is 0.542 e. The van der Waals surface area contributed by atoms with Gasteiger partial charge in [0, 0.05) is 123 Å². The number of H-pyrrole nitrogens is 2. The van der Waals surface area contributed by atoms with Gasteiger partial charge in [-0.2, -0.15) is 62.9 Å². The number of nitrogens with one attached hydrogen (secondary N) is 8. The zero-order chi connectivity index (χ0) is 71.1. The molecule has 2 amide bonds. The van der Waals surface area contributed by atoms with E-state index < -0.39 is 48.0 Å². The smallest absolute Gasteiger partial charge is 0.433 e. The fourth-order valence-electron chi connectivity index (χ4n) is 12.6. The number of carbonyl (C=O) groups excluding carboxylic acids is 4. The number of carboxylic acids is 2. The highest BCUT2D eigenvalue weighted by Crippen LogP contribution is 2.39. The highest BCUT2D eigenvalue weighted by molar-refractivity contribution is 5.97. The number of hydrogen-bond acceptors (Lipinski definition) is 16. The number of aryl methyl sites for hydroxylation is 2. The van der Waals surface area contributed by atoms with Crippen molar-refractivity contribution >= 4 is 58.1 Å². The number of carboxylic acid groups (broad SMARTS) is 2. The van der Waals surface area contributed by atoms with Gasteiger partial charge in [0.15, 0.2) is 22.9 Å². The Morgan fingerprint density at radius 3 is 1.23 bits per heavy atom. The summed E-state index contributed by atoms with van der Waals surface area (Å²) < 4.78 is 149. The average Bonchev–Trinajstić information content (AvgIpc) is 1.61. The maximum atomic E-state index is 13.5. The van der Waals surface area contributed by atoms with Crippen molar-refractivity contribution in [2.24, 2.45) is 23.7 Å². The van der Waals surface area contributed by atoms with Crippen LogP contribution in [-0.2, 0) is 34.8 Å². The van der Waals surface area contributed by atoms with Crippen LogP contribution >= 0.6 is 0 Å². The van der Waals surface area contributed by atoms with Crippen molar-refractivity contribution in [1.29, 1.82) is 0 Å². The SMILES string of the molecule is CCc1cc(Nc2nccn3c(-c4cn[nH]c4C(F)(F)F)cnc23)ccc1C(=O)NCC1CC[N+](C)(CC2CNC2)C1.CCc1cc(Nc2nccn3c(-c4cn[nH]c4C(F)(F)F)cnc23)ccc1C(=O)NCC1CC[N+](C)(CC2CNC2)C1.O=C([O-])C(F)(F)F.O=C([O-])C(F)(F)F. The Labute approximate surface area is 551 Å². The lowest BCUT2D eigenvalue weighted by atomic mass is 10.0. The fraction of sp³-hybridized carbons (Fsp3) is 0.452. The van der Waals surface area contributed by atoms with E-state index in [1.807, 2.05) is 36.2 Å². The molecule has 4 unspecified atom stereocenters. The summed E-state index contributed by atoms with van der Waals surface area (Å²) in [4.78, 5) is 61.3. The molecule has 24 nitrogen and oxygen atoms in total.